The van der Waals surface area contributed by atoms with Gasteiger partial charge in [0.1, 0.15) is 18.0 Å². The number of aryl methyl sites for hydroxylation is 1. The van der Waals surface area contributed by atoms with Crippen LogP contribution in [0.2, 0.25) is 0 Å². The molecule has 3 heterocycles. The topological polar surface area (TPSA) is 58.9 Å². The van der Waals surface area contributed by atoms with Crippen molar-refractivity contribution in [1.82, 2.24) is 19.6 Å². The second kappa shape index (κ2) is 7.64. The van der Waals surface area contributed by atoms with Crippen molar-refractivity contribution in [3.05, 3.63) is 65.6 Å². The van der Waals surface area contributed by atoms with E-state index in [1.54, 1.807) is 0 Å². The lowest BCUT2D eigenvalue weighted by molar-refractivity contribution is 0.0602. The Bertz CT molecular complexity index is 997. The van der Waals surface area contributed by atoms with Crippen molar-refractivity contribution in [1.29, 1.82) is 0 Å². The summed E-state index contributed by atoms with van der Waals surface area (Å²) in [6.45, 7) is 8.15. The molecule has 1 N–H and O–H groups in total. The van der Waals surface area contributed by atoms with Crippen molar-refractivity contribution in [3.8, 4) is 5.75 Å². The molecule has 2 aromatic heterocycles. The standard InChI is InChI=1S/C22H26N4O2/c1-15-7-8-21-24-19(13-25(21)12-15)14-28-20-6-4-5-18(11-20)22(27)26-10-9-23-16(2)17(26)3/h4-8,11-13,16-17,23H,9-10,14H2,1-3H3. The Kier molecular flexibility index (Phi) is 5.05. The van der Waals surface area contributed by atoms with E-state index in [0.29, 0.717) is 17.9 Å². The van der Waals surface area contributed by atoms with Gasteiger partial charge in [0.15, 0.2) is 0 Å². The molecule has 0 spiro atoms. The fourth-order valence-electron chi connectivity index (χ4n) is 3.61. The molecule has 6 nitrogen and oxygen atoms in total. The number of fused-ring (bicyclic) bond motifs is 1. The lowest BCUT2D eigenvalue weighted by Crippen LogP contribution is -2.57. The molecule has 1 saturated heterocycles. The second-order valence-electron chi connectivity index (χ2n) is 7.50. The zero-order valence-electron chi connectivity index (χ0n) is 16.6. The van der Waals surface area contributed by atoms with Crippen LogP contribution in [0, 0.1) is 6.92 Å². The van der Waals surface area contributed by atoms with Crippen LogP contribution in [-0.2, 0) is 6.61 Å². The van der Waals surface area contributed by atoms with Crippen molar-refractivity contribution in [2.45, 2.75) is 39.5 Å². The smallest absolute Gasteiger partial charge is 0.254 e. The molecule has 146 valence electrons. The molecular weight excluding hydrogens is 352 g/mol. The van der Waals surface area contributed by atoms with Crippen molar-refractivity contribution >= 4 is 11.6 Å². The molecule has 0 bridgehead atoms. The van der Waals surface area contributed by atoms with Gasteiger partial charge in [-0.05, 0) is 50.6 Å². The highest BCUT2D eigenvalue weighted by atomic mass is 16.5. The Morgan fingerprint density at radius 1 is 1.25 bits per heavy atom. The first-order valence-electron chi connectivity index (χ1n) is 9.73. The van der Waals surface area contributed by atoms with Gasteiger partial charge in [-0.15, -0.1) is 0 Å². The number of nitrogens with one attached hydrogen (secondary N) is 1. The summed E-state index contributed by atoms with van der Waals surface area (Å²) in [5, 5.41) is 3.40. The van der Waals surface area contributed by atoms with Crippen LogP contribution in [0.5, 0.6) is 5.75 Å². The van der Waals surface area contributed by atoms with Gasteiger partial charge in [0, 0.05) is 43.1 Å². The number of carbonyl (C=O) groups excluding carboxylic acids is 1. The number of benzene rings is 1. The Hall–Kier alpha value is -2.86. The lowest BCUT2D eigenvalue weighted by Gasteiger charge is -2.38. The first kappa shape index (κ1) is 18.5. The number of piperazine rings is 1. The number of ether oxygens (including phenoxy) is 1. The first-order valence-corrected chi connectivity index (χ1v) is 9.73. The fraction of sp³-hybridized carbons (Fsp3) is 0.364. The quantitative estimate of drug-likeness (QED) is 0.758. The van der Waals surface area contributed by atoms with E-state index < -0.39 is 0 Å². The molecule has 0 aliphatic carbocycles. The molecule has 6 heteroatoms. The molecule has 1 fully saturated rings. The summed E-state index contributed by atoms with van der Waals surface area (Å²) >= 11 is 0. The molecular formula is C22H26N4O2. The predicted octanol–water partition coefficient (Wildman–Crippen LogP) is 3.04. The third kappa shape index (κ3) is 3.73. The average molecular weight is 378 g/mol. The molecule has 0 radical (unpaired) electrons. The Balaban J connectivity index is 1.46. The number of hydrogen-bond acceptors (Lipinski definition) is 4. The van der Waals surface area contributed by atoms with Gasteiger partial charge in [0.25, 0.3) is 5.91 Å². The summed E-state index contributed by atoms with van der Waals surface area (Å²) in [4.78, 5) is 19.5. The van der Waals surface area contributed by atoms with E-state index in [1.165, 1.54) is 5.56 Å². The number of imidazole rings is 1. The van der Waals surface area contributed by atoms with Crippen molar-refractivity contribution in [3.63, 3.8) is 0 Å². The Morgan fingerprint density at radius 3 is 2.96 bits per heavy atom. The van der Waals surface area contributed by atoms with Crippen LogP contribution < -0.4 is 10.1 Å². The number of rotatable bonds is 4. The highest BCUT2D eigenvalue weighted by Crippen LogP contribution is 2.19. The van der Waals surface area contributed by atoms with E-state index in [2.05, 4.69) is 31.1 Å². The summed E-state index contributed by atoms with van der Waals surface area (Å²) in [6.07, 6.45) is 4.02. The number of carbonyl (C=O) groups is 1. The maximum atomic E-state index is 13.0. The van der Waals surface area contributed by atoms with Crippen LogP contribution in [0.1, 0.15) is 35.5 Å². The van der Waals surface area contributed by atoms with E-state index in [9.17, 15) is 4.79 Å². The summed E-state index contributed by atoms with van der Waals surface area (Å²) in [5.74, 6) is 0.726. The summed E-state index contributed by atoms with van der Waals surface area (Å²) in [7, 11) is 0. The zero-order chi connectivity index (χ0) is 19.7. The normalized spacial score (nSPS) is 19.8. The Morgan fingerprint density at radius 2 is 2.11 bits per heavy atom. The van der Waals surface area contributed by atoms with Gasteiger partial charge in [-0.2, -0.15) is 0 Å². The highest BCUT2D eigenvalue weighted by molar-refractivity contribution is 5.95. The molecule has 4 rings (SSSR count). The van der Waals surface area contributed by atoms with Gasteiger partial charge in [-0.25, -0.2) is 4.98 Å². The highest BCUT2D eigenvalue weighted by Gasteiger charge is 2.28. The van der Waals surface area contributed by atoms with Crippen LogP contribution in [0.15, 0.2) is 48.8 Å². The number of amides is 1. The van der Waals surface area contributed by atoms with E-state index >= 15 is 0 Å². The van der Waals surface area contributed by atoms with Crippen LogP contribution in [-0.4, -0.2) is 45.4 Å². The van der Waals surface area contributed by atoms with Gasteiger partial charge in [-0.1, -0.05) is 12.1 Å². The third-order valence-corrected chi connectivity index (χ3v) is 5.41. The zero-order valence-corrected chi connectivity index (χ0v) is 16.6. The van der Waals surface area contributed by atoms with Gasteiger partial charge < -0.3 is 19.4 Å². The average Bonchev–Trinajstić information content (AvgIpc) is 3.10. The predicted molar refractivity (Wildman–Crippen MR) is 109 cm³/mol. The molecule has 2 atom stereocenters. The molecule has 1 amide bonds. The molecule has 1 aliphatic rings. The number of hydrogen-bond donors (Lipinski definition) is 1. The lowest BCUT2D eigenvalue weighted by atomic mass is 10.1. The molecule has 1 aliphatic heterocycles. The number of aromatic nitrogens is 2. The minimum Gasteiger partial charge on any atom is -0.487 e. The summed E-state index contributed by atoms with van der Waals surface area (Å²) in [5.41, 5.74) is 3.59. The Labute approximate surface area is 165 Å². The molecule has 2 unspecified atom stereocenters. The van der Waals surface area contributed by atoms with E-state index in [-0.39, 0.29) is 18.0 Å². The second-order valence-corrected chi connectivity index (χ2v) is 7.50. The summed E-state index contributed by atoms with van der Waals surface area (Å²) < 4.78 is 7.92. The van der Waals surface area contributed by atoms with Crippen LogP contribution in [0.25, 0.3) is 5.65 Å². The van der Waals surface area contributed by atoms with Gasteiger partial charge in [0.05, 0.1) is 5.69 Å². The molecule has 1 aromatic carbocycles. The van der Waals surface area contributed by atoms with Crippen LogP contribution in [0.4, 0.5) is 0 Å². The molecule has 28 heavy (non-hydrogen) atoms. The monoisotopic (exact) mass is 378 g/mol. The largest absolute Gasteiger partial charge is 0.487 e. The number of pyridine rings is 1. The van der Waals surface area contributed by atoms with Crippen molar-refractivity contribution < 1.29 is 9.53 Å². The van der Waals surface area contributed by atoms with Crippen LogP contribution >= 0.6 is 0 Å². The minimum absolute atomic E-state index is 0.0505. The van der Waals surface area contributed by atoms with E-state index in [1.807, 2.05) is 58.1 Å². The third-order valence-electron chi connectivity index (χ3n) is 5.41. The van der Waals surface area contributed by atoms with E-state index in [0.717, 1.165) is 24.4 Å². The van der Waals surface area contributed by atoms with E-state index in [4.69, 9.17) is 4.74 Å². The van der Waals surface area contributed by atoms with Gasteiger partial charge in [-0.3, -0.25) is 4.79 Å². The van der Waals surface area contributed by atoms with Gasteiger partial charge >= 0.3 is 0 Å². The summed E-state index contributed by atoms with van der Waals surface area (Å²) in [6, 6.07) is 11.9. The van der Waals surface area contributed by atoms with Crippen LogP contribution in [0.3, 0.4) is 0 Å². The molecule has 0 saturated carbocycles. The fourth-order valence-corrected chi connectivity index (χ4v) is 3.61. The maximum Gasteiger partial charge on any atom is 0.254 e. The SMILES string of the molecule is Cc1ccc2nc(COc3cccc(C(=O)N4CCNC(C)C4C)c3)cn2c1. The first-order chi connectivity index (χ1) is 13.5. The van der Waals surface area contributed by atoms with Crippen molar-refractivity contribution in [2.75, 3.05) is 13.1 Å². The van der Waals surface area contributed by atoms with Gasteiger partial charge in [0.2, 0.25) is 0 Å². The molecule has 3 aromatic rings. The number of nitrogens with zero attached hydrogens (tertiary/aromatic N) is 3. The minimum atomic E-state index is 0.0505. The maximum absolute atomic E-state index is 13.0. The van der Waals surface area contributed by atoms with Crippen molar-refractivity contribution in [2.24, 2.45) is 0 Å².